The van der Waals surface area contributed by atoms with Gasteiger partial charge in [0.1, 0.15) is 0 Å². The molecule has 2 heterocycles. The summed E-state index contributed by atoms with van der Waals surface area (Å²) < 4.78 is 2.32. The van der Waals surface area contributed by atoms with E-state index >= 15 is 0 Å². The number of aromatic nitrogens is 2. The van der Waals surface area contributed by atoms with Gasteiger partial charge in [-0.05, 0) is 47.5 Å². The van der Waals surface area contributed by atoms with Gasteiger partial charge in [-0.2, -0.15) is 5.26 Å². The number of hydrogen-bond acceptors (Lipinski definition) is 2. The number of fused-ring (bicyclic) bond motifs is 3. The molecular formula is C30H19N3. The van der Waals surface area contributed by atoms with E-state index in [2.05, 4.69) is 88.4 Å². The first kappa shape index (κ1) is 19.0. The maximum Gasteiger partial charge on any atom is 0.0998 e. The maximum absolute atomic E-state index is 9.77. The Labute approximate surface area is 191 Å². The molecule has 0 saturated carbocycles. The summed E-state index contributed by atoms with van der Waals surface area (Å²) in [5.74, 6) is 0. The number of rotatable bonds is 3. The standard InChI is InChI=1S/C30H19N3/c31-20-23-13-14-24(19-28(23)22-15-17-32-18-16-22)33-29-12-5-4-9-26(29)27-11-6-10-25(30(27)33)21-7-2-1-3-8-21/h1-19H. The van der Waals surface area contributed by atoms with Crippen molar-refractivity contribution in [3.05, 3.63) is 121 Å². The van der Waals surface area contributed by atoms with Crippen molar-refractivity contribution in [2.75, 3.05) is 0 Å². The summed E-state index contributed by atoms with van der Waals surface area (Å²) in [6.07, 6.45) is 3.52. The lowest BCUT2D eigenvalue weighted by Crippen LogP contribution is -1.97. The first-order chi connectivity index (χ1) is 16.3. The van der Waals surface area contributed by atoms with Crippen LogP contribution < -0.4 is 0 Å². The van der Waals surface area contributed by atoms with Crippen molar-refractivity contribution < 1.29 is 0 Å². The zero-order valence-electron chi connectivity index (χ0n) is 17.8. The van der Waals surface area contributed by atoms with Crippen molar-refractivity contribution in [3.63, 3.8) is 0 Å². The predicted octanol–water partition coefficient (Wildman–Crippen LogP) is 7.38. The lowest BCUT2D eigenvalue weighted by molar-refractivity contribution is 1.18. The SMILES string of the molecule is N#Cc1ccc(-n2c3ccccc3c3cccc(-c4ccccc4)c32)cc1-c1ccncc1. The van der Waals surface area contributed by atoms with Gasteiger partial charge in [0.2, 0.25) is 0 Å². The monoisotopic (exact) mass is 421 g/mol. The van der Waals surface area contributed by atoms with Gasteiger partial charge in [0.05, 0.1) is 22.7 Å². The van der Waals surface area contributed by atoms with Gasteiger partial charge in [0.15, 0.2) is 0 Å². The minimum Gasteiger partial charge on any atom is -0.309 e. The van der Waals surface area contributed by atoms with Crippen LogP contribution in [0.2, 0.25) is 0 Å². The van der Waals surface area contributed by atoms with Crippen LogP contribution in [0.5, 0.6) is 0 Å². The number of hydrogen-bond donors (Lipinski definition) is 0. The van der Waals surface area contributed by atoms with Gasteiger partial charge in [-0.1, -0.05) is 66.7 Å². The Kier molecular flexibility index (Phi) is 4.49. The fourth-order valence-corrected chi connectivity index (χ4v) is 4.68. The molecule has 0 amide bonds. The third kappa shape index (κ3) is 3.09. The minimum atomic E-state index is 0.647. The largest absolute Gasteiger partial charge is 0.309 e. The molecule has 0 N–H and O–H groups in total. The summed E-state index contributed by atoms with van der Waals surface area (Å²) in [5, 5.41) is 12.2. The van der Waals surface area contributed by atoms with Gasteiger partial charge in [-0.15, -0.1) is 0 Å². The van der Waals surface area contributed by atoms with Crippen LogP contribution in [0.4, 0.5) is 0 Å². The van der Waals surface area contributed by atoms with E-state index in [0.29, 0.717) is 5.56 Å². The first-order valence-corrected chi connectivity index (χ1v) is 10.9. The molecule has 0 fully saturated rings. The zero-order valence-corrected chi connectivity index (χ0v) is 17.8. The van der Waals surface area contributed by atoms with E-state index in [1.807, 2.05) is 30.3 Å². The molecule has 4 aromatic carbocycles. The molecule has 0 saturated heterocycles. The Morgan fingerprint density at radius 2 is 1.36 bits per heavy atom. The summed E-state index contributed by atoms with van der Waals surface area (Å²) in [6.45, 7) is 0. The van der Waals surface area contributed by atoms with Crippen molar-refractivity contribution in [2.24, 2.45) is 0 Å². The third-order valence-corrected chi connectivity index (χ3v) is 6.15. The second kappa shape index (κ2) is 7.78. The second-order valence-corrected chi connectivity index (χ2v) is 8.00. The minimum absolute atomic E-state index is 0.647. The molecule has 154 valence electrons. The predicted molar refractivity (Wildman–Crippen MR) is 134 cm³/mol. The summed E-state index contributed by atoms with van der Waals surface area (Å²) in [4.78, 5) is 4.14. The third-order valence-electron chi connectivity index (χ3n) is 6.15. The number of benzene rings is 4. The van der Waals surface area contributed by atoms with Gasteiger partial charge in [-0.25, -0.2) is 0 Å². The van der Waals surface area contributed by atoms with Crippen LogP contribution in [-0.4, -0.2) is 9.55 Å². The molecule has 0 atom stereocenters. The molecule has 3 nitrogen and oxygen atoms in total. The van der Waals surface area contributed by atoms with Crippen LogP contribution in [0.3, 0.4) is 0 Å². The fraction of sp³-hybridized carbons (Fsp3) is 0. The highest BCUT2D eigenvalue weighted by atomic mass is 15.0. The number of pyridine rings is 1. The first-order valence-electron chi connectivity index (χ1n) is 10.9. The fourth-order valence-electron chi connectivity index (χ4n) is 4.68. The smallest absolute Gasteiger partial charge is 0.0998 e. The molecule has 0 aliphatic heterocycles. The van der Waals surface area contributed by atoms with Crippen LogP contribution >= 0.6 is 0 Å². The Hall–Kier alpha value is -4.68. The molecule has 0 bridgehead atoms. The van der Waals surface area contributed by atoms with E-state index in [0.717, 1.165) is 27.8 Å². The Balaban J connectivity index is 1.72. The van der Waals surface area contributed by atoms with Crippen LogP contribution in [0.25, 0.3) is 49.7 Å². The van der Waals surface area contributed by atoms with E-state index in [1.54, 1.807) is 12.4 Å². The second-order valence-electron chi connectivity index (χ2n) is 8.00. The molecule has 0 spiro atoms. The molecule has 0 unspecified atom stereocenters. The highest BCUT2D eigenvalue weighted by molar-refractivity contribution is 6.13. The molecule has 0 radical (unpaired) electrons. The van der Waals surface area contributed by atoms with Crippen LogP contribution in [0.1, 0.15) is 5.56 Å². The molecule has 0 aliphatic carbocycles. The quantitative estimate of drug-likeness (QED) is 0.299. The summed E-state index contributed by atoms with van der Waals surface area (Å²) in [5.41, 5.74) is 8.21. The van der Waals surface area contributed by atoms with E-state index in [9.17, 15) is 5.26 Å². The van der Waals surface area contributed by atoms with Gasteiger partial charge < -0.3 is 4.57 Å². The van der Waals surface area contributed by atoms with E-state index in [4.69, 9.17) is 0 Å². The highest BCUT2D eigenvalue weighted by Gasteiger charge is 2.17. The van der Waals surface area contributed by atoms with Crippen LogP contribution in [0, 0.1) is 11.3 Å². The Morgan fingerprint density at radius 3 is 2.18 bits per heavy atom. The van der Waals surface area contributed by atoms with Gasteiger partial charge in [-0.3, -0.25) is 4.98 Å². The molecule has 33 heavy (non-hydrogen) atoms. The highest BCUT2D eigenvalue weighted by Crippen LogP contribution is 2.38. The summed E-state index contributed by atoms with van der Waals surface area (Å²) in [6, 6.07) is 37.8. The molecule has 6 rings (SSSR count). The molecule has 6 aromatic rings. The lowest BCUT2D eigenvalue weighted by atomic mass is 10.00. The van der Waals surface area contributed by atoms with Crippen molar-refractivity contribution in [1.82, 2.24) is 9.55 Å². The van der Waals surface area contributed by atoms with Crippen molar-refractivity contribution in [2.45, 2.75) is 0 Å². The molecule has 3 heteroatoms. The Bertz CT molecular complexity index is 1660. The molecule has 0 aliphatic rings. The number of para-hydroxylation sites is 2. The summed E-state index contributed by atoms with van der Waals surface area (Å²) in [7, 11) is 0. The number of nitrogens with zero attached hydrogens (tertiary/aromatic N) is 3. The van der Waals surface area contributed by atoms with E-state index < -0.39 is 0 Å². The van der Waals surface area contributed by atoms with Crippen molar-refractivity contribution in [3.8, 4) is 34.0 Å². The van der Waals surface area contributed by atoms with Gasteiger partial charge >= 0.3 is 0 Å². The average molecular weight is 422 g/mol. The van der Waals surface area contributed by atoms with Crippen LogP contribution in [0.15, 0.2) is 116 Å². The summed E-state index contributed by atoms with van der Waals surface area (Å²) >= 11 is 0. The molecular weight excluding hydrogens is 402 g/mol. The number of nitriles is 1. The Morgan fingerprint density at radius 1 is 0.636 bits per heavy atom. The van der Waals surface area contributed by atoms with Crippen LogP contribution in [-0.2, 0) is 0 Å². The normalized spacial score (nSPS) is 11.0. The van der Waals surface area contributed by atoms with Crippen molar-refractivity contribution in [1.29, 1.82) is 5.26 Å². The average Bonchev–Trinajstić information content (AvgIpc) is 3.24. The van der Waals surface area contributed by atoms with Gasteiger partial charge in [0.25, 0.3) is 0 Å². The van der Waals surface area contributed by atoms with Crippen molar-refractivity contribution >= 4 is 21.8 Å². The van der Waals surface area contributed by atoms with E-state index in [-0.39, 0.29) is 0 Å². The zero-order chi connectivity index (χ0) is 22.2. The maximum atomic E-state index is 9.77. The molecule has 2 aromatic heterocycles. The lowest BCUT2D eigenvalue weighted by Gasteiger charge is -2.14. The topological polar surface area (TPSA) is 41.6 Å². The van der Waals surface area contributed by atoms with E-state index in [1.165, 1.54) is 21.9 Å². The van der Waals surface area contributed by atoms with Gasteiger partial charge in [0, 0.05) is 40.0 Å².